The topological polar surface area (TPSA) is 12.0 Å². The van der Waals surface area contributed by atoms with Crippen molar-refractivity contribution in [3.63, 3.8) is 0 Å². The number of rotatable bonds is 6. The molecule has 1 aromatic carbocycles. The molecule has 2 saturated carbocycles. The van der Waals surface area contributed by atoms with E-state index in [9.17, 15) is 0 Å². The van der Waals surface area contributed by atoms with E-state index in [2.05, 4.69) is 43.4 Å². The molecule has 1 heteroatoms. The maximum Gasteiger partial charge on any atom is 0.0377 e. The van der Waals surface area contributed by atoms with Crippen LogP contribution in [0, 0.1) is 5.41 Å². The van der Waals surface area contributed by atoms with E-state index in [1.165, 1.54) is 38.5 Å². The van der Waals surface area contributed by atoms with Gasteiger partial charge in [-0.15, -0.1) is 0 Å². The number of hydrogen-bond donors (Lipinski definition) is 1. The fourth-order valence-electron chi connectivity index (χ4n) is 3.37. The van der Waals surface area contributed by atoms with Gasteiger partial charge in [-0.2, -0.15) is 0 Å². The van der Waals surface area contributed by atoms with E-state index in [4.69, 9.17) is 0 Å². The van der Waals surface area contributed by atoms with Crippen LogP contribution in [0.15, 0.2) is 24.3 Å². The van der Waals surface area contributed by atoms with Gasteiger partial charge in [-0.3, -0.25) is 0 Å². The molecule has 0 radical (unpaired) electrons. The Morgan fingerprint density at radius 3 is 2.58 bits per heavy atom. The minimum absolute atomic E-state index is 0.509. The second kappa shape index (κ2) is 5.28. The van der Waals surface area contributed by atoms with Crippen LogP contribution in [0.25, 0.3) is 0 Å². The summed E-state index contributed by atoms with van der Waals surface area (Å²) in [5, 5.41) is 3.83. The maximum absolute atomic E-state index is 3.83. The quantitative estimate of drug-likeness (QED) is 0.772. The van der Waals surface area contributed by atoms with Gasteiger partial charge in [0.15, 0.2) is 0 Å². The predicted octanol–water partition coefficient (Wildman–Crippen LogP) is 4.79. The fraction of sp³-hybridized carbons (Fsp3) is 0.667. The van der Waals surface area contributed by atoms with Crippen molar-refractivity contribution in [2.45, 2.75) is 64.3 Å². The average molecular weight is 257 g/mol. The first kappa shape index (κ1) is 13.2. The molecule has 3 rings (SSSR count). The van der Waals surface area contributed by atoms with Gasteiger partial charge in [0.25, 0.3) is 0 Å². The summed E-state index contributed by atoms with van der Waals surface area (Å²) in [4.78, 5) is 0. The monoisotopic (exact) mass is 257 g/mol. The average Bonchev–Trinajstić information content (AvgIpc) is 3.08. The van der Waals surface area contributed by atoms with Gasteiger partial charge in [0.05, 0.1) is 0 Å². The lowest BCUT2D eigenvalue weighted by atomic mass is 9.75. The Hall–Kier alpha value is -0.820. The van der Waals surface area contributed by atoms with Crippen LogP contribution in [0.3, 0.4) is 0 Å². The van der Waals surface area contributed by atoms with E-state index in [1.54, 1.807) is 11.1 Å². The molecule has 0 saturated heterocycles. The molecule has 104 valence electrons. The van der Waals surface area contributed by atoms with Gasteiger partial charge in [0, 0.05) is 6.04 Å². The van der Waals surface area contributed by atoms with Crippen LogP contribution in [0.4, 0.5) is 0 Å². The first-order chi connectivity index (χ1) is 9.24. The summed E-state index contributed by atoms with van der Waals surface area (Å²) in [7, 11) is 0. The van der Waals surface area contributed by atoms with Crippen molar-refractivity contribution < 1.29 is 0 Å². The normalized spacial score (nSPS) is 22.8. The van der Waals surface area contributed by atoms with E-state index >= 15 is 0 Å². The van der Waals surface area contributed by atoms with Crippen molar-refractivity contribution in [3.05, 3.63) is 35.4 Å². The highest BCUT2D eigenvalue weighted by molar-refractivity contribution is 5.36. The molecule has 1 unspecified atom stereocenters. The lowest BCUT2D eigenvalue weighted by molar-refractivity contribution is 0.353. The fourth-order valence-corrected chi connectivity index (χ4v) is 3.37. The Labute approximate surface area is 117 Å². The smallest absolute Gasteiger partial charge is 0.0377 e. The molecule has 1 atom stereocenters. The molecule has 0 aromatic heterocycles. The van der Waals surface area contributed by atoms with Gasteiger partial charge in [-0.1, -0.05) is 44.5 Å². The summed E-state index contributed by atoms with van der Waals surface area (Å²) in [5.41, 5.74) is 3.74. The molecule has 0 amide bonds. The van der Waals surface area contributed by atoms with Gasteiger partial charge >= 0.3 is 0 Å². The van der Waals surface area contributed by atoms with Crippen LogP contribution in [0.1, 0.15) is 75.5 Å². The van der Waals surface area contributed by atoms with Crippen molar-refractivity contribution in [3.8, 4) is 0 Å². The van der Waals surface area contributed by atoms with Gasteiger partial charge in [0.2, 0.25) is 0 Å². The molecule has 0 spiro atoms. The molecule has 2 fully saturated rings. The SMILES string of the molecule is CCCNC(c1ccccc1C1CCC1)C1(C)CC1. The highest BCUT2D eigenvalue weighted by Gasteiger charge is 2.46. The molecule has 0 aliphatic heterocycles. The highest BCUT2D eigenvalue weighted by Crippen LogP contribution is 2.56. The molecular weight excluding hydrogens is 230 g/mol. The summed E-state index contributed by atoms with van der Waals surface area (Å²) >= 11 is 0. The Morgan fingerprint density at radius 1 is 1.26 bits per heavy atom. The second-order valence-electron chi connectivity index (χ2n) is 6.80. The van der Waals surface area contributed by atoms with E-state index in [0.29, 0.717) is 11.5 Å². The third-order valence-corrected chi connectivity index (χ3v) is 5.19. The van der Waals surface area contributed by atoms with Crippen LogP contribution < -0.4 is 5.32 Å². The van der Waals surface area contributed by atoms with E-state index in [0.717, 1.165) is 12.5 Å². The molecule has 2 aliphatic rings. The molecule has 2 aliphatic carbocycles. The van der Waals surface area contributed by atoms with Crippen molar-refractivity contribution in [2.24, 2.45) is 5.41 Å². The predicted molar refractivity (Wildman–Crippen MR) is 81.4 cm³/mol. The van der Waals surface area contributed by atoms with Gasteiger partial charge < -0.3 is 5.32 Å². The minimum Gasteiger partial charge on any atom is -0.309 e. The van der Waals surface area contributed by atoms with Crippen molar-refractivity contribution in [2.75, 3.05) is 6.54 Å². The third kappa shape index (κ3) is 2.58. The number of hydrogen-bond acceptors (Lipinski definition) is 1. The second-order valence-corrected chi connectivity index (χ2v) is 6.80. The third-order valence-electron chi connectivity index (χ3n) is 5.19. The Balaban J connectivity index is 1.88. The lowest BCUT2D eigenvalue weighted by Crippen LogP contribution is -2.30. The first-order valence-corrected chi connectivity index (χ1v) is 8.07. The molecule has 19 heavy (non-hydrogen) atoms. The van der Waals surface area contributed by atoms with Gasteiger partial charge in [-0.05, 0) is 61.1 Å². The summed E-state index contributed by atoms with van der Waals surface area (Å²) in [6.07, 6.45) is 8.20. The Bertz CT molecular complexity index is 429. The van der Waals surface area contributed by atoms with Crippen LogP contribution in [-0.2, 0) is 0 Å². The zero-order valence-electron chi connectivity index (χ0n) is 12.4. The van der Waals surface area contributed by atoms with Crippen LogP contribution in [-0.4, -0.2) is 6.54 Å². The zero-order valence-corrected chi connectivity index (χ0v) is 12.4. The largest absolute Gasteiger partial charge is 0.309 e. The van der Waals surface area contributed by atoms with Crippen LogP contribution in [0.2, 0.25) is 0 Å². The van der Waals surface area contributed by atoms with Gasteiger partial charge in [-0.25, -0.2) is 0 Å². The molecule has 1 N–H and O–H groups in total. The molecule has 0 heterocycles. The number of nitrogens with one attached hydrogen (secondary N) is 1. The van der Waals surface area contributed by atoms with E-state index < -0.39 is 0 Å². The summed E-state index contributed by atoms with van der Waals surface area (Å²) in [5.74, 6) is 0.837. The number of benzene rings is 1. The standard InChI is InChI=1S/C18H27N/c1-3-13-19-17(18(2)11-12-18)16-10-5-4-9-15(16)14-7-6-8-14/h4-5,9-10,14,17,19H,3,6-8,11-13H2,1-2H3. The van der Waals surface area contributed by atoms with Crippen molar-refractivity contribution >= 4 is 0 Å². The highest BCUT2D eigenvalue weighted by atomic mass is 14.9. The van der Waals surface area contributed by atoms with E-state index in [-0.39, 0.29) is 0 Å². The molecule has 1 aromatic rings. The molecular formula is C18H27N. The van der Waals surface area contributed by atoms with E-state index in [1.807, 2.05) is 0 Å². The van der Waals surface area contributed by atoms with Gasteiger partial charge in [0.1, 0.15) is 0 Å². The summed E-state index contributed by atoms with van der Waals surface area (Å²) < 4.78 is 0. The van der Waals surface area contributed by atoms with Crippen LogP contribution in [0.5, 0.6) is 0 Å². The van der Waals surface area contributed by atoms with Crippen molar-refractivity contribution in [1.82, 2.24) is 5.32 Å². The lowest BCUT2D eigenvalue weighted by Gasteiger charge is -2.33. The summed E-state index contributed by atoms with van der Waals surface area (Å²) in [6.45, 7) is 5.86. The Morgan fingerprint density at radius 2 is 2.00 bits per heavy atom. The van der Waals surface area contributed by atoms with Crippen LogP contribution >= 0.6 is 0 Å². The molecule has 1 nitrogen and oxygen atoms in total. The molecule has 0 bridgehead atoms. The minimum atomic E-state index is 0.509. The summed E-state index contributed by atoms with van der Waals surface area (Å²) in [6, 6.07) is 9.78. The zero-order chi connectivity index (χ0) is 13.3. The first-order valence-electron chi connectivity index (χ1n) is 8.07. The Kier molecular flexibility index (Phi) is 3.66. The van der Waals surface area contributed by atoms with Crippen molar-refractivity contribution in [1.29, 1.82) is 0 Å². The maximum atomic E-state index is 3.83.